The largest absolute Gasteiger partial charge is 0.449 e. The van der Waals surface area contributed by atoms with Gasteiger partial charge in [0.15, 0.2) is 0 Å². The summed E-state index contributed by atoms with van der Waals surface area (Å²) < 4.78 is 5.49. The van der Waals surface area contributed by atoms with Crippen LogP contribution in [0.5, 0.6) is 0 Å². The number of carbonyl (C=O) groups excluding carboxylic acids is 1. The van der Waals surface area contributed by atoms with Crippen LogP contribution in [-0.2, 0) is 4.74 Å². The molecule has 0 saturated carbocycles. The summed E-state index contributed by atoms with van der Waals surface area (Å²) in [7, 11) is 0. The molecule has 29 heavy (non-hydrogen) atoms. The van der Waals surface area contributed by atoms with Crippen molar-refractivity contribution in [3.05, 3.63) is 88.7 Å². The van der Waals surface area contributed by atoms with E-state index in [2.05, 4.69) is 46.4 Å². The normalized spacial score (nSPS) is 11.8. The van der Waals surface area contributed by atoms with Crippen molar-refractivity contribution in [1.82, 2.24) is 10.3 Å². The summed E-state index contributed by atoms with van der Waals surface area (Å²) in [4.78, 5) is 16.2. The molecule has 0 bridgehead atoms. The van der Waals surface area contributed by atoms with Crippen LogP contribution in [0.25, 0.3) is 11.1 Å². The minimum Gasteiger partial charge on any atom is -0.449 e. The smallest absolute Gasteiger partial charge is 0.407 e. The zero-order chi connectivity index (χ0) is 20.1. The first-order chi connectivity index (χ1) is 14.2. The Hall–Kier alpha value is -3.29. The predicted octanol–water partition coefficient (Wildman–Crippen LogP) is 5.02. The zero-order valence-electron chi connectivity index (χ0n) is 15.7. The van der Waals surface area contributed by atoms with Gasteiger partial charge in [0.05, 0.1) is 0 Å². The molecule has 1 aromatic heterocycles. The lowest BCUT2D eigenvalue weighted by Gasteiger charge is -2.14. The van der Waals surface area contributed by atoms with Crippen molar-refractivity contribution in [2.45, 2.75) is 12.3 Å². The van der Waals surface area contributed by atoms with Crippen LogP contribution in [0, 0.1) is 11.8 Å². The standard InChI is InChI=1S/C24H19ClN2O2/c25-23-14-7-9-17(27-23)8-5-6-15-26-24(28)29-16-22-20-12-3-1-10-18(20)19-11-2-4-13-21(19)22/h1-4,7,9-14,22H,6,15-16H2,(H,26,28). The summed E-state index contributed by atoms with van der Waals surface area (Å²) in [5, 5.41) is 3.15. The number of amides is 1. The van der Waals surface area contributed by atoms with Crippen molar-refractivity contribution in [1.29, 1.82) is 0 Å². The van der Waals surface area contributed by atoms with E-state index in [0.29, 0.717) is 30.4 Å². The molecule has 4 rings (SSSR count). The van der Waals surface area contributed by atoms with Gasteiger partial charge in [-0.3, -0.25) is 0 Å². The molecule has 1 N–H and O–H groups in total. The molecule has 2 aromatic carbocycles. The van der Waals surface area contributed by atoms with Crippen molar-refractivity contribution in [3.8, 4) is 23.0 Å². The fraction of sp³-hybridized carbons (Fsp3) is 0.167. The first-order valence-corrected chi connectivity index (χ1v) is 9.80. The van der Waals surface area contributed by atoms with E-state index in [1.165, 1.54) is 22.3 Å². The van der Waals surface area contributed by atoms with Gasteiger partial charge in [0.2, 0.25) is 0 Å². The van der Waals surface area contributed by atoms with Gasteiger partial charge in [-0.25, -0.2) is 9.78 Å². The van der Waals surface area contributed by atoms with E-state index < -0.39 is 6.09 Å². The first-order valence-electron chi connectivity index (χ1n) is 9.42. The van der Waals surface area contributed by atoms with Crippen LogP contribution in [0.4, 0.5) is 4.79 Å². The van der Waals surface area contributed by atoms with Gasteiger partial charge in [0, 0.05) is 18.9 Å². The maximum Gasteiger partial charge on any atom is 0.407 e. The number of ether oxygens (including phenoxy) is 1. The molecular weight excluding hydrogens is 384 g/mol. The number of carbonyl (C=O) groups is 1. The number of halogens is 1. The van der Waals surface area contributed by atoms with E-state index in [0.717, 1.165) is 0 Å². The summed E-state index contributed by atoms with van der Waals surface area (Å²) in [6.45, 7) is 0.711. The molecule has 1 aliphatic rings. The highest BCUT2D eigenvalue weighted by Gasteiger charge is 2.28. The van der Waals surface area contributed by atoms with Crippen molar-refractivity contribution >= 4 is 17.7 Å². The predicted molar refractivity (Wildman–Crippen MR) is 114 cm³/mol. The van der Waals surface area contributed by atoms with Crippen LogP contribution < -0.4 is 5.32 Å². The number of benzene rings is 2. The number of rotatable bonds is 4. The average molecular weight is 403 g/mol. The second-order valence-electron chi connectivity index (χ2n) is 6.65. The van der Waals surface area contributed by atoms with E-state index in [9.17, 15) is 4.79 Å². The lowest BCUT2D eigenvalue weighted by molar-refractivity contribution is 0.143. The molecule has 0 spiro atoms. The Kier molecular flexibility index (Phi) is 5.79. The highest BCUT2D eigenvalue weighted by atomic mass is 35.5. The molecule has 1 amide bonds. The SMILES string of the molecule is O=C(NCCC#Cc1cccc(Cl)n1)OCC1c2ccccc2-c2ccccc21. The van der Waals surface area contributed by atoms with Gasteiger partial charge in [-0.05, 0) is 40.3 Å². The van der Waals surface area contributed by atoms with E-state index in [1.807, 2.05) is 24.3 Å². The number of hydrogen-bond acceptors (Lipinski definition) is 3. The monoisotopic (exact) mass is 402 g/mol. The second-order valence-corrected chi connectivity index (χ2v) is 7.04. The second kappa shape index (κ2) is 8.81. The van der Waals surface area contributed by atoms with Crippen molar-refractivity contribution in [2.75, 3.05) is 13.2 Å². The van der Waals surface area contributed by atoms with Crippen LogP contribution in [-0.4, -0.2) is 24.2 Å². The molecule has 0 fully saturated rings. The highest BCUT2D eigenvalue weighted by molar-refractivity contribution is 6.29. The third-order valence-corrected chi connectivity index (χ3v) is 5.01. The lowest BCUT2D eigenvalue weighted by Crippen LogP contribution is -2.26. The molecule has 0 atom stereocenters. The topological polar surface area (TPSA) is 51.2 Å². The van der Waals surface area contributed by atoms with Gasteiger partial charge >= 0.3 is 6.09 Å². The molecule has 4 nitrogen and oxygen atoms in total. The highest BCUT2D eigenvalue weighted by Crippen LogP contribution is 2.44. The maximum absolute atomic E-state index is 12.1. The number of pyridine rings is 1. The molecule has 0 unspecified atom stereocenters. The number of nitrogens with one attached hydrogen (secondary N) is 1. The van der Waals surface area contributed by atoms with Crippen LogP contribution >= 0.6 is 11.6 Å². The summed E-state index contributed by atoms with van der Waals surface area (Å²) in [5.74, 6) is 5.94. The van der Waals surface area contributed by atoms with Crippen LogP contribution in [0.3, 0.4) is 0 Å². The average Bonchev–Trinajstić information content (AvgIpc) is 3.06. The number of hydrogen-bond donors (Lipinski definition) is 1. The Bertz CT molecular complexity index is 1060. The van der Waals surface area contributed by atoms with Gasteiger partial charge < -0.3 is 10.1 Å². The third kappa shape index (κ3) is 4.42. The molecule has 0 saturated heterocycles. The Balaban J connectivity index is 1.29. The van der Waals surface area contributed by atoms with E-state index in [4.69, 9.17) is 16.3 Å². The molecule has 0 radical (unpaired) electrons. The van der Waals surface area contributed by atoms with Gasteiger partial charge in [-0.2, -0.15) is 0 Å². The van der Waals surface area contributed by atoms with E-state index in [-0.39, 0.29) is 5.92 Å². The fourth-order valence-electron chi connectivity index (χ4n) is 3.51. The van der Waals surface area contributed by atoms with Gasteiger partial charge in [-0.1, -0.05) is 72.1 Å². The summed E-state index contributed by atoms with van der Waals surface area (Å²) in [6.07, 6.45) is 0.0628. The van der Waals surface area contributed by atoms with Gasteiger partial charge in [-0.15, -0.1) is 0 Å². The number of fused-ring (bicyclic) bond motifs is 3. The van der Waals surface area contributed by atoms with Crippen molar-refractivity contribution in [3.63, 3.8) is 0 Å². The Morgan fingerprint density at radius 3 is 2.38 bits per heavy atom. The first kappa shape index (κ1) is 19.0. The number of aromatic nitrogens is 1. The maximum atomic E-state index is 12.1. The number of nitrogens with zero attached hydrogens (tertiary/aromatic N) is 1. The van der Waals surface area contributed by atoms with E-state index >= 15 is 0 Å². The van der Waals surface area contributed by atoms with Crippen molar-refractivity contribution < 1.29 is 9.53 Å². The van der Waals surface area contributed by atoms with E-state index in [1.54, 1.807) is 18.2 Å². The lowest BCUT2D eigenvalue weighted by atomic mass is 9.98. The minimum atomic E-state index is -0.436. The number of alkyl carbamates (subject to hydrolysis) is 1. The summed E-state index contributed by atoms with van der Waals surface area (Å²) in [6, 6.07) is 21.8. The molecule has 144 valence electrons. The quantitative estimate of drug-likeness (QED) is 0.379. The zero-order valence-corrected chi connectivity index (χ0v) is 16.4. The van der Waals surface area contributed by atoms with Crippen LogP contribution in [0.2, 0.25) is 5.15 Å². The fourth-order valence-corrected chi connectivity index (χ4v) is 3.67. The molecule has 0 aliphatic heterocycles. The summed E-state index contributed by atoms with van der Waals surface area (Å²) in [5.41, 5.74) is 5.42. The molecule has 3 aromatic rings. The van der Waals surface area contributed by atoms with Crippen LogP contribution in [0.15, 0.2) is 66.7 Å². The minimum absolute atomic E-state index is 0.0573. The molecule has 1 aliphatic carbocycles. The Labute approximate surface area is 174 Å². The summed E-state index contributed by atoms with van der Waals surface area (Å²) >= 11 is 5.83. The third-order valence-electron chi connectivity index (χ3n) is 4.79. The Morgan fingerprint density at radius 1 is 1.00 bits per heavy atom. The van der Waals surface area contributed by atoms with Gasteiger partial charge in [0.1, 0.15) is 17.5 Å². The molecule has 1 heterocycles. The molecule has 5 heteroatoms. The van der Waals surface area contributed by atoms with Gasteiger partial charge in [0.25, 0.3) is 0 Å². The van der Waals surface area contributed by atoms with Crippen molar-refractivity contribution in [2.24, 2.45) is 0 Å². The van der Waals surface area contributed by atoms with Crippen LogP contribution in [0.1, 0.15) is 29.2 Å². The molecular formula is C24H19ClN2O2. The Morgan fingerprint density at radius 2 is 1.69 bits per heavy atom.